The summed E-state index contributed by atoms with van der Waals surface area (Å²) in [6.45, 7) is 3.55. The molecule has 1 amide bonds. The van der Waals surface area contributed by atoms with Crippen molar-refractivity contribution in [2.24, 2.45) is 0 Å². The van der Waals surface area contributed by atoms with Crippen molar-refractivity contribution in [3.63, 3.8) is 0 Å². The highest BCUT2D eigenvalue weighted by Gasteiger charge is 2.10. The Morgan fingerprint density at radius 3 is 2.57 bits per heavy atom. The van der Waals surface area contributed by atoms with Crippen LogP contribution in [0.25, 0.3) is 0 Å². The van der Waals surface area contributed by atoms with E-state index in [4.69, 9.17) is 10.5 Å². The van der Waals surface area contributed by atoms with Crippen molar-refractivity contribution in [1.29, 1.82) is 0 Å². The van der Waals surface area contributed by atoms with Crippen LogP contribution in [0, 0.1) is 6.92 Å². The van der Waals surface area contributed by atoms with Gasteiger partial charge in [0.2, 0.25) is 0 Å². The van der Waals surface area contributed by atoms with E-state index < -0.39 is 0 Å². The molecule has 23 heavy (non-hydrogen) atoms. The number of para-hydroxylation sites is 1. The number of Topliss-reactive ketones (excluding diaryl/α,β-unsaturated/α-hetero) is 1. The van der Waals surface area contributed by atoms with Crippen molar-refractivity contribution >= 4 is 23.1 Å². The van der Waals surface area contributed by atoms with E-state index in [9.17, 15) is 9.59 Å². The first-order valence-corrected chi connectivity index (χ1v) is 7.42. The number of benzene rings is 2. The van der Waals surface area contributed by atoms with E-state index in [0.29, 0.717) is 23.4 Å². The maximum Gasteiger partial charge on any atom is 0.262 e. The van der Waals surface area contributed by atoms with Gasteiger partial charge in [-0.1, -0.05) is 25.1 Å². The number of carbonyl (C=O) groups excluding carboxylic acids is 2. The van der Waals surface area contributed by atoms with Crippen molar-refractivity contribution in [2.45, 2.75) is 20.3 Å². The molecule has 5 nitrogen and oxygen atoms in total. The molecule has 0 heterocycles. The van der Waals surface area contributed by atoms with Crippen LogP contribution in [0.3, 0.4) is 0 Å². The molecule has 0 radical (unpaired) electrons. The minimum atomic E-state index is -0.271. The largest absolute Gasteiger partial charge is 0.482 e. The fraction of sp³-hybridized carbons (Fsp3) is 0.222. The number of carbonyl (C=O) groups is 2. The standard InChI is InChI=1S/C18H20N2O3/c1-3-16(21)13-8-9-17(14(19)10-13)23-11-18(22)20-15-7-5-4-6-12(15)2/h4-10H,3,11,19H2,1-2H3,(H,20,22). The Hall–Kier alpha value is -2.82. The first-order chi connectivity index (χ1) is 11.0. The Morgan fingerprint density at radius 1 is 1.17 bits per heavy atom. The van der Waals surface area contributed by atoms with Crippen molar-refractivity contribution in [3.8, 4) is 5.75 Å². The number of rotatable bonds is 6. The van der Waals surface area contributed by atoms with Gasteiger partial charge in [-0.3, -0.25) is 9.59 Å². The fourth-order valence-electron chi connectivity index (χ4n) is 2.10. The predicted molar refractivity (Wildman–Crippen MR) is 90.8 cm³/mol. The zero-order valence-electron chi connectivity index (χ0n) is 13.3. The summed E-state index contributed by atoms with van der Waals surface area (Å²) in [5.41, 5.74) is 8.47. The quantitative estimate of drug-likeness (QED) is 0.634. The molecule has 0 bridgehead atoms. The Labute approximate surface area is 135 Å². The number of hydrogen-bond donors (Lipinski definition) is 2. The van der Waals surface area contributed by atoms with Crippen molar-refractivity contribution in [1.82, 2.24) is 0 Å². The van der Waals surface area contributed by atoms with Crippen LogP contribution in [0.15, 0.2) is 42.5 Å². The van der Waals surface area contributed by atoms with Crippen LogP contribution >= 0.6 is 0 Å². The highest BCUT2D eigenvalue weighted by atomic mass is 16.5. The van der Waals surface area contributed by atoms with Crippen LogP contribution < -0.4 is 15.8 Å². The lowest BCUT2D eigenvalue weighted by Crippen LogP contribution is -2.21. The number of ether oxygens (including phenoxy) is 1. The lowest BCUT2D eigenvalue weighted by atomic mass is 10.1. The van der Waals surface area contributed by atoms with Crippen LogP contribution in [0.5, 0.6) is 5.75 Å². The van der Waals surface area contributed by atoms with Crippen LogP contribution in [0.2, 0.25) is 0 Å². The second-order valence-corrected chi connectivity index (χ2v) is 5.18. The Morgan fingerprint density at radius 2 is 1.91 bits per heavy atom. The van der Waals surface area contributed by atoms with Crippen LogP contribution in [0.4, 0.5) is 11.4 Å². The molecule has 2 aromatic rings. The topological polar surface area (TPSA) is 81.4 Å². The summed E-state index contributed by atoms with van der Waals surface area (Å²) < 4.78 is 5.43. The number of amides is 1. The third-order valence-electron chi connectivity index (χ3n) is 3.43. The number of hydrogen-bond acceptors (Lipinski definition) is 4. The van der Waals surface area contributed by atoms with Gasteiger partial charge in [-0.15, -0.1) is 0 Å². The summed E-state index contributed by atoms with van der Waals surface area (Å²) in [5, 5.41) is 2.78. The molecule has 3 N–H and O–H groups in total. The lowest BCUT2D eigenvalue weighted by molar-refractivity contribution is -0.118. The Balaban J connectivity index is 1.97. The van der Waals surface area contributed by atoms with E-state index in [1.54, 1.807) is 25.1 Å². The molecule has 0 saturated heterocycles. The zero-order valence-corrected chi connectivity index (χ0v) is 13.3. The summed E-state index contributed by atoms with van der Waals surface area (Å²) in [6, 6.07) is 12.3. The van der Waals surface area contributed by atoms with Gasteiger partial charge in [-0.05, 0) is 36.8 Å². The number of nitrogens with two attached hydrogens (primary N) is 1. The van der Waals surface area contributed by atoms with Gasteiger partial charge in [0, 0.05) is 17.7 Å². The predicted octanol–water partition coefficient (Wildman–Crippen LogP) is 3.19. The fourth-order valence-corrected chi connectivity index (χ4v) is 2.10. The molecule has 0 saturated carbocycles. The van der Waals surface area contributed by atoms with Gasteiger partial charge in [0.25, 0.3) is 5.91 Å². The second kappa shape index (κ2) is 7.45. The summed E-state index contributed by atoms with van der Waals surface area (Å²) >= 11 is 0. The summed E-state index contributed by atoms with van der Waals surface area (Å²) in [7, 11) is 0. The number of aryl methyl sites for hydroxylation is 1. The van der Waals surface area contributed by atoms with E-state index in [-0.39, 0.29) is 18.3 Å². The molecule has 0 aliphatic carbocycles. The molecule has 5 heteroatoms. The van der Waals surface area contributed by atoms with Crippen molar-refractivity contribution < 1.29 is 14.3 Å². The molecule has 0 fully saturated rings. The molecule has 2 rings (SSSR count). The highest BCUT2D eigenvalue weighted by Crippen LogP contribution is 2.23. The van der Waals surface area contributed by atoms with Crippen LogP contribution in [-0.2, 0) is 4.79 Å². The second-order valence-electron chi connectivity index (χ2n) is 5.18. The minimum absolute atomic E-state index is 0.0144. The molecule has 0 aliphatic rings. The molecule has 120 valence electrons. The molecule has 2 aromatic carbocycles. The van der Waals surface area contributed by atoms with Gasteiger partial charge < -0.3 is 15.8 Å². The molecule has 0 unspecified atom stereocenters. The maximum atomic E-state index is 11.9. The van der Waals surface area contributed by atoms with Gasteiger partial charge in [0.1, 0.15) is 5.75 Å². The van der Waals surface area contributed by atoms with Crippen molar-refractivity contribution in [2.75, 3.05) is 17.7 Å². The van der Waals surface area contributed by atoms with Gasteiger partial charge in [0.05, 0.1) is 5.69 Å². The van der Waals surface area contributed by atoms with Crippen LogP contribution in [-0.4, -0.2) is 18.3 Å². The molecular formula is C18H20N2O3. The van der Waals surface area contributed by atoms with Crippen LogP contribution in [0.1, 0.15) is 29.3 Å². The van der Waals surface area contributed by atoms with E-state index >= 15 is 0 Å². The average molecular weight is 312 g/mol. The maximum absolute atomic E-state index is 11.9. The summed E-state index contributed by atoms with van der Waals surface area (Å²) in [6.07, 6.45) is 0.415. The summed E-state index contributed by atoms with van der Waals surface area (Å²) in [4.78, 5) is 23.6. The smallest absolute Gasteiger partial charge is 0.262 e. The van der Waals surface area contributed by atoms with E-state index in [0.717, 1.165) is 11.3 Å². The molecule has 0 atom stereocenters. The number of ketones is 1. The van der Waals surface area contributed by atoms with Crippen molar-refractivity contribution in [3.05, 3.63) is 53.6 Å². The van der Waals surface area contributed by atoms with Gasteiger partial charge in [0.15, 0.2) is 12.4 Å². The number of nitrogen functional groups attached to an aromatic ring is 1. The molecule has 0 aromatic heterocycles. The first kappa shape index (κ1) is 16.5. The molecule has 0 aliphatic heterocycles. The third-order valence-corrected chi connectivity index (χ3v) is 3.43. The van der Waals surface area contributed by atoms with Gasteiger partial charge in [-0.25, -0.2) is 0 Å². The minimum Gasteiger partial charge on any atom is -0.482 e. The van der Waals surface area contributed by atoms with Gasteiger partial charge in [-0.2, -0.15) is 0 Å². The summed E-state index contributed by atoms with van der Waals surface area (Å²) in [5.74, 6) is 0.130. The zero-order chi connectivity index (χ0) is 16.8. The Bertz CT molecular complexity index is 726. The van der Waals surface area contributed by atoms with E-state index in [2.05, 4.69) is 5.32 Å². The third kappa shape index (κ3) is 4.32. The Kier molecular flexibility index (Phi) is 5.36. The SMILES string of the molecule is CCC(=O)c1ccc(OCC(=O)Nc2ccccc2C)c(N)c1. The van der Waals surface area contributed by atoms with E-state index in [1.807, 2.05) is 31.2 Å². The highest BCUT2D eigenvalue weighted by molar-refractivity contribution is 5.97. The lowest BCUT2D eigenvalue weighted by Gasteiger charge is -2.11. The van der Waals surface area contributed by atoms with E-state index in [1.165, 1.54) is 0 Å². The molecule has 0 spiro atoms. The first-order valence-electron chi connectivity index (χ1n) is 7.42. The normalized spacial score (nSPS) is 10.2. The number of nitrogens with one attached hydrogen (secondary N) is 1. The monoisotopic (exact) mass is 312 g/mol. The number of anilines is 2. The average Bonchev–Trinajstić information content (AvgIpc) is 2.55. The molecular weight excluding hydrogens is 292 g/mol. The van der Waals surface area contributed by atoms with Gasteiger partial charge >= 0.3 is 0 Å².